The second-order valence-corrected chi connectivity index (χ2v) is 41.1. The molecule has 12 heterocycles. The van der Waals surface area contributed by atoms with Gasteiger partial charge in [-0.15, -0.1) is 15.3 Å². The first-order chi connectivity index (χ1) is 71.2. The summed E-state index contributed by atoms with van der Waals surface area (Å²) in [6.07, 6.45) is 30.1. The number of aromatic nitrogens is 21. The Bertz CT molecular complexity index is 7080. The second-order valence-electron chi connectivity index (χ2n) is 41.1. The maximum atomic E-state index is 7.69. The molecule has 12 bridgehead atoms. The maximum absolute atomic E-state index is 7.69. The fraction of sp³-hybridized carbons (Fsp3) is 0.308. The van der Waals surface area contributed by atoms with Gasteiger partial charge in [-0.25, -0.2) is 29.0 Å². The predicted octanol–water partition coefficient (Wildman–Crippen LogP) is 19.1. The molecule has 0 spiro atoms. The number of rotatable bonds is 33. The van der Waals surface area contributed by atoms with Crippen molar-refractivity contribution in [2.45, 2.75) is 196 Å². The van der Waals surface area contributed by atoms with Gasteiger partial charge in [-0.1, -0.05) is 151 Å². The topological polar surface area (TPSA) is 288 Å². The molecular weight excluding hydrogens is 1840 g/mol. The minimum atomic E-state index is -0.454. The zero-order valence-corrected chi connectivity index (χ0v) is 86.4. The Morgan fingerprint density at radius 2 is 0.456 bits per heavy atom. The highest BCUT2D eigenvalue weighted by Crippen LogP contribution is 2.47. The van der Waals surface area contributed by atoms with Crippen LogP contribution in [0.25, 0.3) is 17.1 Å². The first-order valence-corrected chi connectivity index (χ1v) is 49.9. The number of methoxy groups -OCH3 is 3. The summed E-state index contributed by atoms with van der Waals surface area (Å²) in [6, 6.07) is 63.1. The Kier molecular flexibility index (Phi) is 30.0. The van der Waals surface area contributed by atoms with Crippen molar-refractivity contribution < 1.29 is 28.4 Å². The SMILES string of the molecule is COc1c2cc(-n3cc(CN(Cc4ccccn4)Cc4ccccn4)nn3)cc1Cc1cc(C(C)(C)C)cc(c1OC)Cc1cc(-n3cc(CN(Cc4ccccn4)Cc4ccccn4)nn3)cc(c1OCc1nccn1C)Cc1cc(C(C)(C)C)cc(c1OCc1nccn1C)Cc1cc(-n3cc(CN(Cc4ccccn4)Cc4ccccn4)nn3)cc(c1OCc1nccn1C)Cc1cc(C(C)(C)C)cc(c1OC)C2. The minimum Gasteiger partial charge on any atom is -0.496 e. The van der Waals surface area contributed by atoms with E-state index in [0.717, 1.165) is 169 Å². The number of benzene rings is 6. The molecule has 0 atom stereocenters. The molecule has 1 aliphatic rings. The molecule has 0 unspecified atom stereocenters. The van der Waals surface area contributed by atoms with Crippen LogP contribution < -0.4 is 28.4 Å². The normalized spacial score (nSPS) is 12.5. The Morgan fingerprint density at radius 1 is 0.252 bits per heavy atom. The van der Waals surface area contributed by atoms with Crippen LogP contribution in [-0.4, -0.2) is 140 Å². The third-order valence-corrected chi connectivity index (χ3v) is 26.9. The fourth-order valence-electron chi connectivity index (χ4n) is 19.3. The monoisotopic (exact) mass is 1960 g/mol. The highest BCUT2D eigenvalue weighted by atomic mass is 16.5. The van der Waals surface area contributed by atoms with E-state index < -0.39 is 16.2 Å². The van der Waals surface area contributed by atoms with Gasteiger partial charge < -0.3 is 42.1 Å². The van der Waals surface area contributed by atoms with E-state index in [4.69, 9.17) is 104 Å². The van der Waals surface area contributed by atoms with E-state index in [1.807, 2.05) is 251 Å². The Morgan fingerprint density at radius 3 is 0.646 bits per heavy atom. The highest BCUT2D eigenvalue weighted by Gasteiger charge is 2.33. The van der Waals surface area contributed by atoms with Crippen molar-refractivity contribution in [3.05, 3.63) is 427 Å². The summed E-state index contributed by atoms with van der Waals surface area (Å²) in [5.41, 5.74) is 22.4. The molecule has 0 N–H and O–H groups in total. The minimum absolute atomic E-state index is 0.105. The average molecular weight is 1960 g/mol. The van der Waals surface area contributed by atoms with Crippen molar-refractivity contribution in [2.75, 3.05) is 21.3 Å². The molecule has 0 aliphatic heterocycles. The van der Waals surface area contributed by atoms with E-state index >= 15 is 0 Å². The van der Waals surface area contributed by atoms with Crippen molar-refractivity contribution in [2.24, 2.45) is 21.1 Å². The van der Waals surface area contributed by atoms with Crippen LogP contribution in [0.15, 0.2) is 275 Å². The van der Waals surface area contributed by atoms with Gasteiger partial charge in [0.1, 0.15) is 71.8 Å². The van der Waals surface area contributed by atoms with Gasteiger partial charge in [-0.3, -0.25) is 44.6 Å². The molecule has 30 nitrogen and oxygen atoms in total. The summed E-state index contributed by atoms with van der Waals surface area (Å²) in [5, 5.41) is 30.4. The number of hydrogen-bond acceptors (Lipinski definition) is 24. The molecule has 0 saturated heterocycles. The van der Waals surface area contributed by atoms with Crippen LogP contribution >= 0.6 is 0 Å². The number of nitrogens with zero attached hydrogens (tertiary/aromatic N) is 24. The van der Waals surface area contributed by atoms with Gasteiger partial charge in [0.2, 0.25) is 0 Å². The zero-order chi connectivity index (χ0) is 102. The summed E-state index contributed by atoms with van der Waals surface area (Å²) < 4.78 is 55.8. The van der Waals surface area contributed by atoms with Gasteiger partial charge in [-0.05, 0) is 176 Å². The van der Waals surface area contributed by atoms with Gasteiger partial charge in [0.25, 0.3) is 0 Å². The van der Waals surface area contributed by atoms with E-state index in [0.29, 0.717) is 119 Å². The van der Waals surface area contributed by atoms with Crippen LogP contribution in [0, 0.1) is 0 Å². The molecule has 0 fully saturated rings. The third kappa shape index (κ3) is 24.3. The van der Waals surface area contributed by atoms with E-state index in [1.54, 1.807) is 21.3 Å². The summed E-state index contributed by atoms with van der Waals surface area (Å²) in [4.78, 5) is 50.4. The maximum Gasteiger partial charge on any atom is 0.146 e. The van der Waals surface area contributed by atoms with Crippen molar-refractivity contribution >= 4 is 0 Å². The number of hydrogen-bond donors (Lipinski definition) is 0. The molecule has 0 radical (unpaired) electrons. The van der Waals surface area contributed by atoms with E-state index in [9.17, 15) is 0 Å². The molecule has 1 aliphatic carbocycles. The first kappa shape index (κ1) is 99.7. The van der Waals surface area contributed by atoms with E-state index in [1.165, 1.54) is 0 Å². The predicted molar refractivity (Wildman–Crippen MR) is 563 cm³/mol. The fourth-order valence-corrected chi connectivity index (χ4v) is 19.3. The number of ether oxygens (including phenoxy) is 6. The van der Waals surface area contributed by atoms with Gasteiger partial charge in [0.05, 0.1) is 108 Å². The molecule has 147 heavy (non-hydrogen) atoms. The third-order valence-electron chi connectivity index (χ3n) is 26.9. The second kappa shape index (κ2) is 44.3. The lowest BCUT2D eigenvalue weighted by molar-refractivity contribution is 0.238. The highest BCUT2D eigenvalue weighted by molar-refractivity contribution is 5.64. The Balaban J connectivity index is 0.863. The summed E-state index contributed by atoms with van der Waals surface area (Å²) in [7, 11) is 11.3. The molecule has 30 heteroatoms. The number of imidazole rings is 3. The van der Waals surface area contributed by atoms with E-state index in [2.05, 4.69) is 150 Å². The molecule has 18 aromatic rings. The lowest BCUT2D eigenvalue weighted by Gasteiger charge is -2.27. The molecule has 6 aromatic carbocycles. The van der Waals surface area contributed by atoms with Crippen LogP contribution in [0.3, 0.4) is 0 Å². The summed E-state index contributed by atoms with van der Waals surface area (Å²) in [5.74, 6) is 6.15. The Hall–Kier alpha value is -16.1. The van der Waals surface area contributed by atoms with Gasteiger partial charge in [0, 0.05) is 226 Å². The largest absolute Gasteiger partial charge is 0.496 e. The number of pyridine rings is 6. The number of aryl methyl sites for hydroxylation is 3. The van der Waals surface area contributed by atoms with Crippen LogP contribution in [0.2, 0.25) is 0 Å². The smallest absolute Gasteiger partial charge is 0.146 e. The number of fused-ring (bicyclic) bond motifs is 12. The van der Waals surface area contributed by atoms with Crippen molar-refractivity contribution in [1.29, 1.82) is 0 Å². The molecule has 0 saturated carbocycles. The van der Waals surface area contributed by atoms with Gasteiger partial charge in [0.15, 0.2) is 0 Å². The molecule has 19 rings (SSSR count). The average Bonchev–Trinajstić information content (AvgIpc) is 1.76. The van der Waals surface area contributed by atoms with Gasteiger partial charge in [-0.2, -0.15) is 0 Å². The summed E-state index contributed by atoms with van der Waals surface area (Å²) in [6.45, 7) is 25.2. The van der Waals surface area contributed by atoms with Crippen LogP contribution in [0.4, 0.5) is 0 Å². The standard InChI is InChI=1S/C117H126N24O6/c1-115(2,3)91-52-79-46-85-58-103(139-73-100(127-130-139)70-136(64-94-28-16-22-34-118-94)65-95-29-17-23-35-119-95)59-86(111(85)144-15)47-80-53-92(116(4,5)6)55-82(110(80)143-14)49-88-61-105(141-75-102(129-132-141)72-138(68-98-32-20-26-38-122-98)69-99-33-21-27-39-123-99)63-90(114(88)147-78-108-126-42-45-135(108)12)51-84-57-93(117(7,8)9)56-83(112(84)145-76-106-124-40-43-133(106)10)50-89-62-104(60-87(48-81(54-91)109(79)142-13)113(89)146-77-107-125-41-44-134(107)11)140-74-101(128-131-140)71-137(66-96-30-18-24-36-120-96)67-97-31-19-25-37-121-97/h16-45,52-63,73-75H,46-51,64-72,76-78H2,1-15H3. The quantitative estimate of drug-likeness (QED) is 0.0369. The lowest BCUT2D eigenvalue weighted by atomic mass is 9.81. The van der Waals surface area contributed by atoms with Gasteiger partial charge >= 0.3 is 0 Å². The zero-order valence-electron chi connectivity index (χ0n) is 86.4. The van der Waals surface area contributed by atoms with Crippen molar-refractivity contribution in [1.82, 2.24) is 118 Å². The molecule has 12 aromatic heterocycles. The lowest BCUT2D eigenvalue weighted by Crippen LogP contribution is -2.23. The molecule has 0 amide bonds. The van der Waals surface area contributed by atoms with Crippen LogP contribution in [-0.2, 0) is 155 Å². The van der Waals surface area contributed by atoms with Crippen molar-refractivity contribution in [3.63, 3.8) is 0 Å². The van der Waals surface area contributed by atoms with Crippen LogP contribution in [0.1, 0.15) is 214 Å². The van der Waals surface area contributed by atoms with Crippen LogP contribution in [0.5, 0.6) is 34.5 Å². The summed E-state index contributed by atoms with van der Waals surface area (Å²) >= 11 is 0. The first-order valence-electron chi connectivity index (χ1n) is 49.9. The molecular formula is C117H126N24O6. The molecule has 750 valence electrons. The van der Waals surface area contributed by atoms with Crippen molar-refractivity contribution in [3.8, 4) is 51.6 Å². The Labute approximate surface area is 858 Å². The van der Waals surface area contributed by atoms with E-state index in [-0.39, 0.29) is 32.7 Å².